The van der Waals surface area contributed by atoms with Gasteiger partial charge in [-0.15, -0.1) is 11.3 Å². The molecule has 1 aromatic heterocycles. The molecule has 0 bridgehead atoms. The Kier molecular flexibility index (Phi) is 4.94. The molecule has 24 heavy (non-hydrogen) atoms. The van der Waals surface area contributed by atoms with Gasteiger partial charge < -0.3 is 10.0 Å². The van der Waals surface area contributed by atoms with Crippen molar-refractivity contribution >= 4 is 23.2 Å². The molecule has 1 aromatic carbocycles. The molecule has 1 unspecified atom stereocenters. The number of benzene rings is 1. The molecule has 1 N–H and O–H groups in total. The summed E-state index contributed by atoms with van der Waals surface area (Å²) in [6.07, 6.45) is 2.06. The van der Waals surface area contributed by atoms with Crippen LogP contribution in [0.5, 0.6) is 0 Å². The van der Waals surface area contributed by atoms with Crippen molar-refractivity contribution in [2.75, 3.05) is 13.1 Å². The Bertz CT molecular complexity index is 739. The Morgan fingerprint density at radius 3 is 2.79 bits per heavy atom. The number of likely N-dealkylation sites (tertiary alicyclic amines) is 1. The van der Waals surface area contributed by atoms with Crippen LogP contribution in [0.1, 0.15) is 39.5 Å². The minimum absolute atomic E-state index is 0.160. The smallest absolute Gasteiger partial charge is 0.308 e. The molecule has 0 aliphatic carbocycles. The highest BCUT2D eigenvalue weighted by atomic mass is 32.1. The van der Waals surface area contributed by atoms with Gasteiger partial charge in [0.1, 0.15) is 5.69 Å². The Labute approximate surface area is 145 Å². The maximum atomic E-state index is 12.6. The van der Waals surface area contributed by atoms with Crippen molar-refractivity contribution in [3.8, 4) is 0 Å². The third-order valence-electron chi connectivity index (χ3n) is 4.30. The van der Waals surface area contributed by atoms with Crippen molar-refractivity contribution in [1.29, 1.82) is 0 Å². The quantitative estimate of drug-likeness (QED) is 0.926. The molecule has 0 radical (unpaired) electrons. The third kappa shape index (κ3) is 3.82. The van der Waals surface area contributed by atoms with E-state index in [4.69, 9.17) is 5.11 Å². The first-order chi connectivity index (χ1) is 11.5. The van der Waals surface area contributed by atoms with Crippen molar-refractivity contribution in [3.63, 3.8) is 0 Å². The number of nitrogens with zero attached hydrogens (tertiary/aromatic N) is 2. The molecule has 1 aliphatic rings. The number of carboxylic acid groups (broad SMARTS) is 1. The van der Waals surface area contributed by atoms with Crippen LogP contribution in [-0.2, 0) is 11.2 Å². The molecule has 1 amide bonds. The van der Waals surface area contributed by atoms with Crippen LogP contribution in [0.2, 0.25) is 0 Å². The second-order valence-corrected chi connectivity index (χ2v) is 7.16. The minimum Gasteiger partial charge on any atom is -0.481 e. The van der Waals surface area contributed by atoms with Gasteiger partial charge in [-0.1, -0.05) is 29.8 Å². The summed E-state index contributed by atoms with van der Waals surface area (Å²) >= 11 is 1.47. The molecule has 3 rings (SSSR count). The fraction of sp³-hybridized carbons (Fsp3) is 0.389. The van der Waals surface area contributed by atoms with Gasteiger partial charge in [-0.05, 0) is 25.3 Å². The van der Waals surface area contributed by atoms with Gasteiger partial charge in [0, 0.05) is 24.9 Å². The van der Waals surface area contributed by atoms with E-state index in [2.05, 4.69) is 29.2 Å². The molecule has 1 aliphatic heterocycles. The zero-order valence-electron chi connectivity index (χ0n) is 13.6. The van der Waals surface area contributed by atoms with Gasteiger partial charge in [0.2, 0.25) is 0 Å². The third-order valence-corrected chi connectivity index (χ3v) is 5.15. The first kappa shape index (κ1) is 16.6. The maximum absolute atomic E-state index is 12.6. The maximum Gasteiger partial charge on any atom is 0.308 e. The number of aromatic nitrogens is 1. The van der Waals surface area contributed by atoms with Crippen molar-refractivity contribution in [2.45, 2.75) is 26.2 Å². The molecule has 126 valence electrons. The Balaban J connectivity index is 1.67. The van der Waals surface area contributed by atoms with Gasteiger partial charge in [0.05, 0.1) is 10.9 Å². The number of carbonyl (C=O) groups excluding carboxylic acids is 1. The topological polar surface area (TPSA) is 70.5 Å². The van der Waals surface area contributed by atoms with E-state index >= 15 is 0 Å². The molecule has 2 heterocycles. The van der Waals surface area contributed by atoms with E-state index in [1.165, 1.54) is 16.9 Å². The minimum atomic E-state index is -0.828. The fourth-order valence-corrected chi connectivity index (χ4v) is 3.70. The lowest BCUT2D eigenvalue weighted by Crippen LogP contribution is -2.42. The van der Waals surface area contributed by atoms with Crippen molar-refractivity contribution < 1.29 is 14.7 Å². The predicted molar refractivity (Wildman–Crippen MR) is 92.4 cm³/mol. The number of amides is 1. The standard InChI is InChI=1S/C18H20N2O3S/c1-12-4-6-13(7-5-12)9-16-19-15(11-24-16)17(21)20-8-2-3-14(10-20)18(22)23/h4-7,11,14H,2-3,8-10H2,1H3,(H,22,23). The number of aliphatic carboxylic acids is 1. The molecule has 1 atom stereocenters. The lowest BCUT2D eigenvalue weighted by Gasteiger charge is -2.30. The van der Waals surface area contributed by atoms with Crippen LogP contribution in [0.15, 0.2) is 29.6 Å². The van der Waals surface area contributed by atoms with E-state index in [1.807, 2.05) is 6.92 Å². The fourth-order valence-electron chi connectivity index (χ4n) is 2.90. The monoisotopic (exact) mass is 344 g/mol. The molecule has 5 nitrogen and oxygen atoms in total. The highest BCUT2D eigenvalue weighted by Gasteiger charge is 2.29. The second kappa shape index (κ2) is 7.13. The zero-order chi connectivity index (χ0) is 17.1. The normalized spacial score (nSPS) is 17.7. The number of carboxylic acids is 1. The van der Waals surface area contributed by atoms with Crippen LogP contribution < -0.4 is 0 Å². The second-order valence-electron chi connectivity index (χ2n) is 6.22. The number of hydrogen-bond donors (Lipinski definition) is 1. The van der Waals surface area contributed by atoms with Gasteiger partial charge in [-0.2, -0.15) is 0 Å². The lowest BCUT2D eigenvalue weighted by atomic mass is 9.98. The molecule has 0 saturated carbocycles. The first-order valence-electron chi connectivity index (χ1n) is 8.05. The molecule has 6 heteroatoms. The summed E-state index contributed by atoms with van der Waals surface area (Å²) in [4.78, 5) is 29.8. The van der Waals surface area contributed by atoms with Crippen LogP contribution in [0, 0.1) is 12.8 Å². The Morgan fingerprint density at radius 1 is 1.33 bits per heavy atom. The van der Waals surface area contributed by atoms with Gasteiger partial charge in [-0.25, -0.2) is 4.98 Å². The summed E-state index contributed by atoms with van der Waals surface area (Å²) in [6.45, 7) is 2.93. The van der Waals surface area contributed by atoms with Crippen molar-refractivity contribution in [3.05, 3.63) is 51.5 Å². The van der Waals surface area contributed by atoms with E-state index in [9.17, 15) is 9.59 Å². The summed E-state index contributed by atoms with van der Waals surface area (Å²) < 4.78 is 0. The molecular formula is C18H20N2O3S. The van der Waals surface area contributed by atoms with Crippen LogP contribution in [-0.4, -0.2) is 40.0 Å². The van der Waals surface area contributed by atoms with E-state index in [0.717, 1.165) is 17.0 Å². The lowest BCUT2D eigenvalue weighted by molar-refractivity contribution is -0.143. The van der Waals surface area contributed by atoms with Gasteiger partial charge in [-0.3, -0.25) is 9.59 Å². The SMILES string of the molecule is Cc1ccc(Cc2nc(C(=O)N3CCCC(C(=O)O)C3)cs2)cc1. The average molecular weight is 344 g/mol. The number of thiazole rings is 1. The molecule has 1 fully saturated rings. The summed E-state index contributed by atoms with van der Waals surface area (Å²) in [7, 11) is 0. The molecular weight excluding hydrogens is 324 g/mol. The molecule has 0 spiro atoms. The van der Waals surface area contributed by atoms with Crippen molar-refractivity contribution in [2.24, 2.45) is 5.92 Å². The first-order valence-corrected chi connectivity index (χ1v) is 8.93. The average Bonchev–Trinajstić information content (AvgIpc) is 3.05. The summed E-state index contributed by atoms with van der Waals surface area (Å²) in [6, 6.07) is 8.27. The van der Waals surface area contributed by atoms with E-state index in [1.54, 1.807) is 10.3 Å². The largest absolute Gasteiger partial charge is 0.481 e. The van der Waals surface area contributed by atoms with E-state index in [-0.39, 0.29) is 12.5 Å². The summed E-state index contributed by atoms with van der Waals surface area (Å²) in [5.74, 6) is -1.45. The van der Waals surface area contributed by atoms with Crippen LogP contribution in [0.25, 0.3) is 0 Å². The van der Waals surface area contributed by atoms with Gasteiger partial charge in [0.15, 0.2) is 0 Å². The van der Waals surface area contributed by atoms with Crippen LogP contribution >= 0.6 is 11.3 Å². The highest BCUT2D eigenvalue weighted by molar-refractivity contribution is 7.09. The van der Waals surface area contributed by atoms with Gasteiger partial charge in [0.25, 0.3) is 5.91 Å². The Hall–Kier alpha value is -2.21. The van der Waals surface area contributed by atoms with Crippen molar-refractivity contribution in [1.82, 2.24) is 9.88 Å². The summed E-state index contributed by atoms with van der Waals surface area (Å²) in [5.41, 5.74) is 2.80. The summed E-state index contributed by atoms with van der Waals surface area (Å²) in [5, 5.41) is 11.8. The number of aryl methyl sites for hydroxylation is 1. The molecule has 1 saturated heterocycles. The van der Waals surface area contributed by atoms with Crippen LogP contribution in [0.3, 0.4) is 0 Å². The number of rotatable bonds is 4. The predicted octanol–water partition coefficient (Wildman–Crippen LogP) is 2.98. The van der Waals surface area contributed by atoms with E-state index in [0.29, 0.717) is 25.1 Å². The Morgan fingerprint density at radius 2 is 2.08 bits per heavy atom. The number of hydrogen-bond acceptors (Lipinski definition) is 4. The van der Waals surface area contributed by atoms with Gasteiger partial charge >= 0.3 is 5.97 Å². The van der Waals surface area contributed by atoms with E-state index < -0.39 is 11.9 Å². The molecule has 2 aromatic rings. The zero-order valence-corrected chi connectivity index (χ0v) is 14.4. The van der Waals surface area contributed by atoms with Crippen LogP contribution in [0.4, 0.5) is 0 Å². The highest BCUT2D eigenvalue weighted by Crippen LogP contribution is 2.21. The number of piperidine rings is 1. The number of carbonyl (C=O) groups is 2.